The normalized spacial score (nSPS) is 13.8. The molecule has 33 heavy (non-hydrogen) atoms. The van der Waals surface area contributed by atoms with E-state index in [1.807, 2.05) is 30.3 Å². The maximum absolute atomic E-state index is 9.79. The van der Waals surface area contributed by atoms with Gasteiger partial charge in [0, 0.05) is 30.1 Å². The Hall–Kier alpha value is -2.88. The summed E-state index contributed by atoms with van der Waals surface area (Å²) in [6.07, 6.45) is 2.51. The molecule has 5 rings (SSSR count). The van der Waals surface area contributed by atoms with Crippen molar-refractivity contribution in [1.29, 1.82) is 5.26 Å². The Morgan fingerprint density at radius 1 is 1.09 bits per heavy atom. The van der Waals surface area contributed by atoms with E-state index in [4.69, 9.17) is 27.6 Å². The lowest BCUT2D eigenvalue weighted by Gasteiger charge is -2.26. The molecule has 0 saturated carbocycles. The summed E-state index contributed by atoms with van der Waals surface area (Å²) in [5.74, 6) is 1.20. The zero-order valence-corrected chi connectivity index (χ0v) is 19.9. The van der Waals surface area contributed by atoms with Crippen molar-refractivity contribution in [2.24, 2.45) is 4.99 Å². The van der Waals surface area contributed by atoms with Gasteiger partial charge in [-0.05, 0) is 41.8 Å². The molecule has 1 aliphatic rings. The van der Waals surface area contributed by atoms with Gasteiger partial charge in [-0.1, -0.05) is 59.6 Å². The van der Waals surface area contributed by atoms with E-state index in [0.29, 0.717) is 27.1 Å². The van der Waals surface area contributed by atoms with Gasteiger partial charge >= 0.3 is 0 Å². The van der Waals surface area contributed by atoms with Gasteiger partial charge in [-0.2, -0.15) is 5.26 Å². The number of benzene rings is 2. The number of halogens is 2. The molecule has 7 heteroatoms. The van der Waals surface area contributed by atoms with Crippen LogP contribution in [0.15, 0.2) is 70.1 Å². The van der Waals surface area contributed by atoms with Crippen molar-refractivity contribution in [3.63, 3.8) is 0 Å². The minimum atomic E-state index is 0.453. The molecular weight excluding hydrogens is 473 g/mol. The predicted octanol–water partition coefficient (Wildman–Crippen LogP) is 7.50. The van der Waals surface area contributed by atoms with E-state index in [1.54, 1.807) is 23.6 Å². The Kier molecular flexibility index (Phi) is 6.34. The van der Waals surface area contributed by atoms with Crippen LogP contribution in [0.4, 0.5) is 5.00 Å². The van der Waals surface area contributed by atoms with Crippen molar-refractivity contribution in [2.75, 3.05) is 6.54 Å². The topological polar surface area (TPSA) is 52.5 Å². The Balaban J connectivity index is 1.35. The molecule has 0 bridgehead atoms. The van der Waals surface area contributed by atoms with Gasteiger partial charge in [0.15, 0.2) is 0 Å². The number of hydrogen-bond donors (Lipinski definition) is 0. The zero-order chi connectivity index (χ0) is 22.8. The van der Waals surface area contributed by atoms with Gasteiger partial charge in [0.2, 0.25) is 0 Å². The van der Waals surface area contributed by atoms with Gasteiger partial charge in [0.1, 0.15) is 22.6 Å². The zero-order valence-electron chi connectivity index (χ0n) is 17.6. The molecular formula is C26H19Cl2N3OS. The van der Waals surface area contributed by atoms with Crippen LogP contribution in [0.3, 0.4) is 0 Å². The highest BCUT2D eigenvalue weighted by molar-refractivity contribution is 7.16. The summed E-state index contributed by atoms with van der Waals surface area (Å²) in [4.78, 5) is 8.24. The smallest absolute Gasteiger partial charge is 0.145 e. The monoisotopic (exact) mass is 491 g/mol. The predicted molar refractivity (Wildman–Crippen MR) is 135 cm³/mol. The molecule has 4 aromatic rings. The van der Waals surface area contributed by atoms with E-state index in [9.17, 15) is 5.26 Å². The van der Waals surface area contributed by atoms with Crippen molar-refractivity contribution in [2.45, 2.75) is 19.5 Å². The van der Waals surface area contributed by atoms with Crippen LogP contribution in [0.2, 0.25) is 10.0 Å². The molecule has 0 N–H and O–H groups in total. The molecule has 0 unspecified atom stereocenters. The number of nitrogens with zero attached hydrogens (tertiary/aromatic N) is 3. The van der Waals surface area contributed by atoms with E-state index < -0.39 is 0 Å². The molecule has 2 aromatic heterocycles. The fourth-order valence-corrected chi connectivity index (χ4v) is 5.59. The van der Waals surface area contributed by atoms with Gasteiger partial charge < -0.3 is 4.42 Å². The Morgan fingerprint density at radius 3 is 2.76 bits per heavy atom. The third kappa shape index (κ3) is 4.62. The second-order valence-corrected chi connectivity index (χ2v) is 9.67. The van der Waals surface area contributed by atoms with Gasteiger partial charge in [-0.15, -0.1) is 11.3 Å². The van der Waals surface area contributed by atoms with Gasteiger partial charge in [-0.25, -0.2) is 4.99 Å². The van der Waals surface area contributed by atoms with Crippen LogP contribution in [0, 0.1) is 11.3 Å². The number of hydrogen-bond acceptors (Lipinski definition) is 5. The van der Waals surface area contributed by atoms with Gasteiger partial charge in [0.05, 0.1) is 21.8 Å². The molecule has 0 amide bonds. The summed E-state index contributed by atoms with van der Waals surface area (Å²) in [6.45, 7) is 2.66. The fourth-order valence-electron chi connectivity index (χ4n) is 4.01. The lowest BCUT2D eigenvalue weighted by atomic mass is 10.0. The summed E-state index contributed by atoms with van der Waals surface area (Å²) in [5, 5.41) is 11.4. The van der Waals surface area contributed by atoms with Crippen LogP contribution >= 0.6 is 34.5 Å². The molecule has 3 heterocycles. The summed E-state index contributed by atoms with van der Waals surface area (Å²) in [6, 6.07) is 21.9. The fraction of sp³-hybridized carbons (Fsp3) is 0.154. The minimum Gasteiger partial charge on any atom is -0.455 e. The quantitative estimate of drug-likeness (QED) is 0.271. The van der Waals surface area contributed by atoms with Crippen molar-refractivity contribution in [3.8, 4) is 17.4 Å². The van der Waals surface area contributed by atoms with Crippen molar-refractivity contribution in [3.05, 3.63) is 98.0 Å². The standard InChI is InChI=1S/C26H19Cl2N3OS/c27-22-8-4-7-20(25(22)28)23-10-9-18(32-23)14-30-26-21(13-29)19-11-12-31(16-24(19)33-26)15-17-5-2-1-3-6-17/h1-10,14H,11-12,15-16H2. The number of furan rings is 1. The molecule has 0 fully saturated rings. The first kappa shape index (κ1) is 21.9. The Bertz CT molecular complexity index is 1370. The molecule has 4 nitrogen and oxygen atoms in total. The third-order valence-electron chi connectivity index (χ3n) is 5.63. The number of aliphatic imine (C=N–C) groups is 1. The largest absolute Gasteiger partial charge is 0.455 e. The van der Waals surface area contributed by atoms with E-state index in [-0.39, 0.29) is 0 Å². The van der Waals surface area contributed by atoms with E-state index >= 15 is 0 Å². The van der Waals surface area contributed by atoms with Crippen LogP contribution in [0.25, 0.3) is 11.3 Å². The molecule has 2 aromatic carbocycles. The number of rotatable bonds is 5. The van der Waals surface area contributed by atoms with E-state index in [1.165, 1.54) is 10.4 Å². The van der Waals surface area contributed by atoms with Crippen molar-refractivity contribution in [1.82, 2.24) is 4.90 Å². The molecule has 0 atom stereocenters. The maximum atomic E-state index is 9.79. The van der Waals surface area contributed by atoms with Crippen LogP contribution in [0.5, 0.6) is 0 Å². The van der Waals surface area contributed by atoms with E-state index in [0.717, 1.165) is 42.2 Å². The number of thiophene rings is 1. The average Bonchev–Trinajstić information content (AvgIpc) is 3.44. The third-order valence-corrected chi connectivity index (χ3v) is 7.57. The summed E-state index contributed by atoms with van der Waals surface area (Å²) in [5.41, 5.74) is 3.83. The van der Waals surface area contributed by atoms with Crippen LogP contribution in [-0.4, -0.2) is 17.7 Å². The number of nitriles is 1. The van der Waals surface area contributed by atoms with Gasteiger partial charge in [-0.3, -0.25) is 4.90 Å². The van der Waals surface area contributed by atoms with Crippen LogP contribution in [-0.2, 0) is 19.5 Å². The van der Waals surface area contributed by atoms with Crippen LogP contribution < -0.4 is 0 Å². The summed E-state index contributed by atoms with van der Waals surface area (Å²) >= 11 is 14.0. The second kappa shape index (κ2) is 9.54. The lowest BCUT2D eigenvalue weighted by Crippen LogP contribution is -2.29. The first-order valence-corrected chi connectivity index (χ1v) is 12.1. The lowest BCUT2D eigenvalue weighted by molar-refractivity contribution is 0.249. The van der Waals surface area contributed by atoms with E-state index in [2.05, 4.69) is 40.2 Å². The van der Waals surface area contributed by atoms with Gasteiger partial charge in [0.25, 0.3) is 0 Å². The highest BCUT2D eigenvalue weighted by Crippen LogP contribution is 2.39. The van der Waals surface area contributed by atoms with Crippen molar-refractivity contribution < 1.29 is 4.42 Å². The Morgan fingerprint density at radius 2 is 1.94 bits per heavy atom. The van der Waals surface area contributed by atoms with Crippen LogP contribution in [0.1, 0.15) is 27.3 Å². The minimum absolute atomic E-state index is 0.453. The Labute approximate surface area is 206 Å². The van der Waals surface area contributed by atoms with Crippen molar-refractivity contribution >= 4 is 45.8 Å². The average molecular weight is 492 g/mol. The first-order chi connectivity index (χ1) is 16.1. The number of fused-ring (bicyclic) bond motifs is 1. The summed E-state index contributed by atoms with van der Waals surface area (Å²) in [7, 11) is 0. The highest BCUT2D eigenvalue weighted by atomic mass is 35.5. The SMILES string of the molecule is N#Cc1c(N=Cc2ccc(-c3cccc(Cl)c3Cl)o2)sc2c1CCN(Cc1ccccc1)C2. The molecule has 0 radical (unpaired) electrons. The molecule has 164 valence electrons. The summed E-state index contributed by atoms with van der Waals surface area (Å²) < 4.78 is 5.91. The molecule has 0 aliphatic carbocycles. The molecule has 0 saturated heterocycles. The second-order valence-electron chi connectivity index (χ2n) is 7.80. The highest BCUT2D eigenvalue weighted by Gasteiger charge is 2.24. The maximum Gasteiger partial charge on any atom is 0.145 e. The first-order valence-electron chi connectivity index (χ1n) is 10.5. The molecule has 1 aliphatic heterocycles. The molecule has 0 spiro atoms.